The molecule has 0 atom stereocenters. The lowest BCUT2D eigenvalue weighted by molar-refractivity contribution is 0.139. The molecule has 0 aromatic heterocycles. The largest absolute Gasteiger partial charge is 0.384 e. The molecule has 2 rings (SSSR count). The lowest BCUT2D eigenvalue weighted by Gasteiger charge is -2.33. The van der Waals surface area contributed by atoms with E-state index in [0.29, 0.717) is 12.5 Å². The highest BCUT2D eigenvalue weighted by Crippen LogP contribution is 2.26. The van der Waals surface area contributed by atoms with E-state index in [2.05, 4.69) is 4.90 Å². The molecule has 0 aliphatic carbocycles. The molecule has 0 bridgehead atoms. The number of methoxy groups -OCH3 is 1. The Hall–Kier alpha value is -1.13. The second-order valence-corrected chi connectivity index (χ2v) is 5.21. The minimum absolute atomic E-state index is 0.129. The lowest BCUT2D eigenvalue weighted by atomic mass is 9.97. The van der Waals surface area contributed by atoms with Gasteiger partial charge >= 0.3 is 0 Å². The fraction of sp³-hybridized carbons (Fsp3) is 0.600. The third kappa shape index (κ3) is 3.67. The van der Waals surface area contributed by atoms with Crippen LogP contribution in [0, 0.1) is 11.7 Å². The van der Waals surface area contributed by atoms with Crippen LogP contribution in [0.1, 0.15) is 18.4 Å². The monoisotopic (exact) mass is 266 g/mol. The van der Waals surface area contributed by atoms with E-state index in [1.807, 2.05) is 12.1 Å². The number of hydrogen-bond donors (Lipinski definition) is 1. The maximum atomic E-state index is 14.1. The van der Waals surface area contributed by atoms with Crippen molar-refractivity contribution in [2.45, 2.75) is 19.3 Å². The average molecular weight is 266 g/mol. The summed E-state index contributed by atoms with van der Waals surface area (Å²) in [7, 11) is 1.74. The van der Waals surface area contributed by atoms with Gasteiger partial charge in [0.25, 0.3) is 0 Å². The Labute approximate surface area is 114 Å². The summed E-state index contributed by atoms with van der Waals surface area (Å²) in [5, 5.41) is 0. The molecule has 1 heterocycles. The SMILES string of the molecule is COCC1CCN(c2ccc(CCN)cc2F)CC1. The van der Waals surface area contributed by atoms with E-state index in [0.717, 1.165) is 50.2 Å². The lowest BCUT2D eigenvalue weighted by Crippen LogP contribution is -2.35. The van der Waals surface area contributed by atoms with Gasteiger partial charge in [-0.15, -0.1) is 0 Å². The third-order valence-electron chi connectivity index (χ3n) is 3.80. The zero-order chi connectivity index (χ0) is 13.7. The summed E-state index contributed by atoms with van der Waals surface area (Å²) < 4.78 is 19.3. The van der Waals surface area contributed by atoms with Gasteiger partial charge < -0.3 is 15.4 Å². The van der Waals surface area contributed by atoms with Gasteiger partial charge in [-0.05, 0) is 49.4 Å². The number of halogens is 1. The summed E-state index contributed by atoms with van der Waals surface area (Å²) in [5.41, 5.74) is 7.18. The first-order chi connectivity index (χ1) is 9.24. The van der Waals surface area contributed by atoms with Crippen molar-refractivity contribution in [3.8, 4) is 0 Å². The third-order valence-corrected chi connectivity index (χ3v) is 3.80. The van der Waals surface area contributed by atoms with E-state index in [9.17, 15) is 4.39 Å². The van der Waals surface area contributed by atoms with Gasteiger partial charge in [-0.2, -0.15) is 0 Å². The molecule has 1 fully saturated rings. The Balaban J connectivity index is 1.99. The molecule has 0 radical (unpaired) electrons. The van der Waals surface area contributed by atoms with Crippen LogP contribution in [0.15, 0.2) is 18.2 Å². The van der Waals surface area contributed by atoms with Gasteiger partial charge in [0, 0.05) is 26.8 Å². The van der Waals surface area contributed by atoms with Gasteiger partial charge in [0.1, 0.15) is 5.82 Å². The van der Waals surface area contributed by atoms with Crippen LogP contribution < -0.4 is 10.6 Å². The molecule has 1 aromatic carbocycles. The highest BCUT2D eigenvalue weighted by Gasteiger charge is 2.21. The van der Waals surface area contributed by atoms with Crippen LogP contribution in [0.2, 0.25) is 0 Å². The standard InChI is InChI=1S/C15H23FN2O/c1-19-11-13-5-8-18(9-6-13)15-3-2-12(4-7-17)10-14(15)16/h2-3,10,13H,4-9,11,17H2,1H3. The van der Waals surface area contributed by atoms with Crippen LogP contribution >= 0.6 is 0 Å². The predicted octanol–water partition coefficient (Wildman–Crippen LogP) is 2.19. The summed E-state index contributed by atoms with van der Waals surface area (Å²) in [6, 6.07) is 5.48. The van der Waals surface area contributed by atoms with E-state index in [-0.39, 0.29) is 5.82 Å². The van der Waals surface area contributed by atoms with Crippen LogP contribution in [0.25, 0.3) is 0 Å². The van der Waals surface area contributed by atoms with Crippen molar-refractivity contribution in [1.82, 2.24) is 0 Å². The Morgan fingerprint density at radius 2 is 2.11 bits per heavy atom. The summed E-state index contributed by atoms with van der Waals surface area (Å²) in [6.45, 7) is 3.18. The van der Waals surface area contributed by atoms with Gasteiger partial charge in [0.15, 0.2) is 0 Å². The molecule has 0 saturated carbocycles. The molecule has 1 aliphatic heterocycles. The van der Waals surface area contributed by atoms with Crippen molar-refractivity contribution in [3.05, 3.63) is 29.6 Å². The minimum Gasteiger partial charge on any atom is -0.384 e. The van der Waals surface area contributed by atoms with Crippen molar-refractivity contribution < 1.29 is 9.13 Å². The Bertz CT molecular complexity index is 403. The van der Waals surface area contributed by atoms with E-state index in [1.165, 1.54) is 0 Å². The highest BCUT2D eigenvalue weighted by atomic mass is 19.1. The summed E-state index contributed by atoms with van der Waals surface area (Å²) in [6.07, 6.45) is 2.86. The molecule has 1 aromatic rings. The van der Waals surface area contributed by atoms with E-state index in [1.54, 1.807) is 13.2 Å². The van der Waals surface area contributed by atoms with Crippen LogP contribution in [0.5, 0.6) is 0 Å². The van der Waals surface area contributed by atoms with Crippen molar-refractivity contribution in [1.29, 1.82) is 0 Å². The van der Waals surface area contributed by atoms with Gasteiger partial charge in [0.2, 0.25) is 0 Å². The first-order valence-corrected chi connectivity index (χ1v) is 6.97. The maximum Gasteiger partial charge on any atom is 0.146 e. The van der Waals surface area contributed by atoms with Gasteiger partial charge in [-0.3, -0.25) is 0 Å². The molecule has 3 nitrogen and oxygen atoms in total. The van der Waals surface area contributed by atoms with Crippen LogP contribution in [0.3, 0.4) is 0 Å². The van der Waals surface area contributed by atoms with E-state index >= 15 is 0 Å². The molecule has 106 valence electrons. The smallest absolute Gasteiger partial charge is 0.146 e. The Morgan fingerprint density at radius 1 is 1.37 bits per heavy atom. The number of benzene rings is 1. The van der Waals surface area contributed by atoms with Crippen molar-refractivity contribution in [2.75, 3.05) is 38.3 Å². The maximum absolute atomic E-state index is 14.1. The predicted molar refractivity (Wildman–Crippen MR) is 76.0 cm³/mol. The summed E-state index contributed by atoms with van der Waals surface area (Å²) in [5.74, 6) is 0.483. The Kier molecular flexibility index (Phi) is 5.16. The molecule has 0 amide bonds. The molecule has 0 spiro atoms. The van der Waals surface area contributed by atoms with E-state index < -0.39 is 0 Å². The first-order valence-electron chi connectivity index (χ1n) is 6.97. The number of rotatable bonds is 5. The number of piperidine rings is 1. The Morgan fingerprint density at radius 3 is 2.68 bits per heavy atom. The number of nitrogens with two attached hydrogens (primary N) is 1. The summed E-state index contributed by atoms with van der Waals surface area (Å²) in [4.78, 5) is 2.13. The second kappa shape index (κ2) is 6.87. The van der Waals surface area contributed by atoms with Crippen LogP contribution in [-0.2, 0) is 11.2 Å². The first kappa shape index (κ1) is 14.3. The van der Waals surface area contributed by atoms with Crippen LogP contribution in [0.4, 0.5) is 10.1 Å². The molecule has 1 aliphatic rings. The fourth-order valence-corrected chi connectivity index (χ4v) is 2.71. The summed E-state index contributed by atoms with van der Waals surface area (Å²) >= 11 is 0. The molecule has 0 unspecified atom stereocenters. The zero-order valence-corrected chi connectivity index (χ0v) is 11.6. The van der Waals surface area contributed by atoms with Gasteiger partial charge in [-0.1, -0.05) is 6.07 Å². The quantitative estimate of drug-likeness (QED) is 0.888. The molecular weight excluding hydrogens is 243 g/mol. The van der Waals surface area contributed by atoms with Crippen LogP contribution in [-0.4, -0.2) is 33.4 Å². The average Bonchev–Trinajstić information content (AvgIpc) is 2.41. The highest BCUT2D eigenvalue weighted by molar-refractivity contribution is 5.49. The second-order valence-electron chi connectivity index (χ2n) is 5.21. The molecule has 2 N–H and O–H groups in total. The number of nitrogens with zero attached hydrogens (tertiary/aromatic N) is 1. The van der Waals surface area contributed by atoms with Crippen molar-refractivity contribution >= 4 is 5.69 Å². The van der Waals surface area contributed by atoms with E-state index in [4.69, 9.17) is 10.5 Å². The molecular formula is C15H23FN2O. The zero-order valence-electron chi connectivity index (χ0n) is 11.6. The van der Waals surface area contributed by atoms with Crippen molar-refractivity contribution in [2.24, 2.45) is 11.7 Å². The van der Waals surface area contributed by atoms with Gasteiger partial charge in [-0.25, -0.2) is 4.39 Å². The molecule has 1 saturated heterocycles. The van der Waals surface area contributed by atoms with Gasteiger partial charge in [0.05, 0.1) is 5.69 Å². The van der Waals surface area contributed by atoms with Crippen molar-refractivity contribution in [3.63, 3.8) is 0 Å². The number of hydrogen-bond acceptors (Lipinski definition) is 3. The number of ether oxygens (including phenoxy) is 1. The molecule has 19 heavy (non-hydrogen) atoms. The molecule has 4 heteroatoms. The normalized spacial score (nSPS) is 16.9. The topological polar surface area (TPSA) is 38.5 Å². The minimum atomic E-state index is -0.129. The fourth-order valence-electron chi connectivity index (χ4n) is 2.71. The number of anilines is 1.